The molecule has 1 amide bonds. The predicted molar refractivity (Wildman–Crippen MR) is 86.9 cm³/mol. The van der Waals surface area contributed by atoms with Crippen LogP contribution >= 0.6 is 11.6 Å². The van der Waals surface area contributed by atoms with E-state index in [2.05, 4.69) is 25.3 Å². The number of nitrogens with two attached hydrogens (primary N) is 1. The molecule has 0 spiro atoms. The van der Waals surface area contributed by atoms with E-state index in [1.807, 2.05) is 0 Å². The molecule has 8 nitrogen and oxygen atoms in total. The number of hydrogen-bond acceptors (Lipinski definition) is 7. The first-order chi connectivity index (χ1) is 11.0. The number of rotatable bonds is 5. The highest BCUT2D eigenvalue weighted by Crippen LogP contribution is 2.30. The Kier molecular flexibility index (Phi) is 5.32. The van der Waals surface area contributed by atoms with Crippen molar-refractivity contribution in [1.29, 1.82) is 0 Å². The monoisotopic (exact) mass is 335 g/mol. The Morgan fingerprint density at radius 3 is 2.87 bits per heavy atom. The summed E-state index contributed by atoms with van der Waals surface area (Å²) in [5.74, 6) is 0.579. The number of amides is 1. The molecule has 1 aromatic carbocycles. The number of aromatic nitrogens is 2. The number of ether oxygens (including phenoxy) is 1. The molecule has 0 saturated heterocycles. The van der Waals surface area contributed by atoms with Gasteiger partial charge in [-0.3, -0.25) is 4.79 Å². The molecule has 9 heteroatoms. The van der Waals surface area contributed by atoms with E-state index in [0.29, 0.717) is 22.0 Å². The Bertz CT molecular complexity index is 751. The Labute approximate surface area is 137 Å². The molecule has 1 heterocycles. The SMILES string of the molecule is CON=Cc1c(N)ncnc1Oc1ccc(NC(C)=O)c(Cl)c1. The number of anilines is 2. The van der Waals surface area contributed by atoms with Gasteiger partial charge < -0.3 is 20.6 Å². The molecule has 2 rings (SSSR count). The Morgan fingerprint density at radius 1 is 1.43 bits per heavy atom. The Morgan fingerprint density at radius 2 is 2.22 bits per heavy atom. The molecule has 0 bridgehead atoms. The first-order valence-corrected chi connectivity index (χ1v) is 6.81. The first kappa shape index (κ1) is 16.5. The molecule has 120 valence electrons. The van der Waals surface area contributed by atoms with Gasteiger partial charge in [0.1, 0.15) is 30.6 Å². The maximum atomic E-state index is 11.1. The van der Waals surface area contributed by atoms with Crippen molar-refractivity contribution >= 4 is 35.2 Å². The number of nitrogens with one attached hydrogen (secondary N) is 1. The third-order valence-corrected chi connectivity index (χ3v) is 2.94. The molecule has 0 fully saturated rings. The Hall–Kier alpha value is -2.87. The molecule has 0 aliphatic heterocycles. The van der Waals surface area contributed by atoms with Crippen molar-refractivity contribution in [3.63, 3.8) is 0 Å². The van der Waals surface area contributed by atoms with Crippen molar-refractivity contribution < 1.29 is 14.4 Å². The second-order valence-electron chi connectivity index (χ2n) is 4.32. The van der Waals surface area contributed by atoms with Crippen LogP contribution in [-0.4, -0.2) is 29.2 Å². The van der Waals surface area contributed by atoms with E-state index in [0.717, 1.165) is 0 Å². The number of hydrogen-bond donors (Lipinski definition) is 2. The lowest BCUT2D eigenvalue weighted by atomic mass is 10.3. The van der Waals surface area contributed by atoms with E-state index in [9.17, 15) is 4.79 Å². The van der Waals surface area contributed by atoms with Crippen molar-refractivity contribution in [2.45, 2.75) is 6.92 Å². The highest BCUT2D eigenvalue weighted by Gasteiger charge is 2.11. The van der Waals surface area contributed by atoms with E-state index in [-0.39, 0.29) is 17.6 Å². The van der Waals surface area contributed by atoms with Gasteiger partial charge in [-0.25, -0.2) is 9.97 Å². The molecule has 23 heavy (non-hydrogen) atoms. The summed E-state index contributed by atoms with van der Waals surface area (Å²) >= 11 is 6.10. The van der Waals surface area contributed by atoms with E-state index in [1.165, 1.54) is 26.6 Å². The fourth-order valence-corrected chi connectivity index (χ4v) is 1.88. The smallest absolute Gasteiger partial charge is 0.233 e. The molecular weight excluding hydrogens is 322 g/mol. The zero-order valence-corrected chi connectivity index (χ0v) is 13.2. The van der Waals surface area contributed by atoms with Crippen LogP contribution in [0.1, 0.15) is 12.5 Å². The van der Waals surface area contributed by atoms with Gasteiger partial charge >= 0.3 is 0 Å². The zero-order chi connectivity index (χ0) is 16.8. The lowest BCUT2D eigenvalue weighted by molar-refractivity contribution is -0.114. The minimum Gasteiger partial charge on any atom is -0.438 e. The average Bonchev–Trinajstić information content (AvgIpc) is 2.49. The number of nitrogens with zero attached hydrogens (tertiary/aromatic N) is 3. The summed E-state index contributed by atoms with van der Waals surface area (Å²) in [6, 6.07) is 4.79. The molecule has 0 radical (unpaired) electrons. The van der Waals surface area contributed by atoms with E-state index >= 15 is 0 Å². The molecular formula is C14H14ClN5O3. The second-order valence-corrected chi connectivity index (χ2v) is 4.73. The number of carbonyl (C=O) groups is 1. The van der Waals surface area contributed by atoms with Crippen molar-refractivity contribution in [1.82, 2.24) is 9.97 Å². The summed E-state index contributed by atoms with van der Waals surface area (Å²) in [6.07, 6.45) is 2.61. The van der Waals surface area contributed by atoms with Crippen molar-refractivity contribution in [3.05, 3.63) is 35.1 Å². The minimum absolute atomic E-state index is 0.191. The van der Waals surface area contributed by atoms with Crippen molar-refractivity contribution in [3.8, 4) is 11.6 Å². The maximum Gasteiger partial charge on any atom is 0.233 e. The third kappa shape index (κ3) is 4.30. The van der Waals surface area contributed by atoms with Crippen LogP contribution in [0.25, 0.3) is 0 Å². The quantitative estimate of drug-likeness (QED) is 0.641. The van der Waals surface area contributed by atoms with Crippen LogP contribution in [-0.2, 0) is 9.63 Å². The highest BCUT2D eigenvalue weighted by atomic mass is 35.5. The summed E-state index contributed by atoms with van der Waals surface area (Å²) < 4.78 is 5.65. The highest BCUT2D eigenvalue weighted by molar-refractivity contribution is 6.33. The maximum absolute atomic E-state index is 11.1. The number of carbonyl (C=O) groups excluding carboxylic acids is 1. The van der Waals surface area contributed by atoms with E-state index < -0.39 is 0 Å². The largest absolute Gasteiger partial charge is 0.438 e. The molecule has 0 aliphatic rings. The summed E-state index contributed by atoms with van der Waals surface area (Å²) in [6.45, 7) is 1.39. The first-order valence-electron chi connectivity index (χ1n) is 6.43. The van der Waals surface area contributed by atoms with Crippen LogP contribution in [0.4, 0.5) is 11.5 Å². The molecule has 1 aromatic heterocycles. The summed E-state index contributed by atoms with van der Waals surface area (Å²) in [5.41, 5.74) is 6.63. The normalized spacial score (nSPS) is 10.6. The standard InChI is InChI=1S/C14H14ClN5O3/c1-8(21)20-12-4-3-9(5-11(12)15)23-14-10(6-19-22-2)13(16)17-7-18-14/h3-7H,1-2H3,(H,20,21)(H2,16,17,18). The second kappa shape index (κ2) is 7.41. The van der Waals surface area contributed by atoms with Crippen LogP contribution in [0.3, 0.4) is 0 Å². The Balaban J connectivity index is 2.29. The van der Waals surface area contributed by atoms with Gasteiger partial charge in [-0.05, 0) is 12.1 Å². The summed E-state index contributed by atoms with van der Waals surface area (Å²) in [7, 11) is 1.40. The molecule has 0 unspecified atom stereocenters. The number of benzene rings is 1. The van der Waals surface area contributed by atoms with Gasteiger partial charge in [0.25, 0.3) is 0 Å². The van der Waals surface area contributed by atoms with Gasteiger partial charge in [0, 0.05) is 13.0 Å². The molecule has 0 aliphatic carbocycles. The van der Waals surface area contributed by atoms with E-state index in [1.54, 1.807) is 18.2 Å². The number of oxime groups is 1. The third-order valence-electron chi connectivity index (χ3n) is 2.63. The fraction of sp³-hybridized carbons (Fsp3) is 0.143. The lowest BCUT2D eigenvalue weighted by Crippen LogP contribution is -2.06. The average molecular weight is 336 g/mol. The summed E-state index contributed by atoms with van der Waals surface area (Å²) in [4.78, 5) is 23.6. The number of nitrogen functional groups attached to an aromatic ring is 1. The lowest BCUT2D eigenvalue weighted by Gasteiger charge is -2.10. The van der Waals surface area contributed by atoms with Crippen LogP contribution in [0.15, 0.2) is 29.7 Å². The van der Waals surface area contributed by atoms with Crippen molar-refractivity contribution in [2.75, 3.05) is 18.2 Å². The molecule has 2 aromatic rings. The van der Waals surface area contributed by atoms with Gasteiger partial charge in [0.15, 0.2) is 0 Å². The van der Waals surface area contributed by atoms with E-state index in [4.69, 9.17) is 22.1 Å². The van der Waals surface area contributed by atoms with Crippen LogP contribution in [0.2, 0.25) is 5.02 Å². The molecule has 0 saturated carbocycles. The van der Waals surface area contributed by atoms with Gasteiger partial charge in [-0.15, -0.1) is 0 Å². The minimum atomic E-state index is -0.220. The van der Waals surface area contributed by atoms with Crippen LogP contribution in [0.5, 0.6) is 11.6 Å². The van der Waals surface area contributed by atoms with Crippen LogP contribution < -0.4 is 15.8 Å². The van der Waals surface area contributed by atoms with Gasteiger partial charge in [0.05, 0.1) is 16.9 Å². The molecule has 0 atom stereocenters. The molecule has 3 N–H and O–H groups in total. The van der Waals surface area contributed by atoms with Gasteiger partial charge in [0.2, 0.25) is 11.8 Å². The van der Waals surface area contributed by atoms with Gasteiger partial charge in [-0.1, -0.05) is 16.8 Å². The predicted octanol–water partition coefficient (Wildman–Crippen LogP) is 2.44. The van der Waals surface area contributed by atoms with Gasteiger partial charge in [-0.2, -0.15) is 0 Å². The topological polar surface area (TPSA) is 112 Å². The number of halogens is 1. The van der Waals surface area contributed by atoms with Crippen molar-refractivity contribution in [2.24, 2.45) is 5.16 Å². The zero-order valence-electron chi connectivity index (χ0n) is 12.4. The van der Waals surface area contributed by atoms with Crippen LogP contribution in [0, 0.1) is 0 Å². The fourth-order valence-electron chi connectivity index (χ4n) is 1.66. The summed E-state index contributed by atoms with van der Waals surface area (Å²) in [5, 5.41) is 6.56.